The summed E-state index contributed by atoms with van der Waals surface area (Å²) in [4.78, 5) is 0. The van der Waals surface area contributed by atoms with E-state index in [0.717, 1.165) is 36.2 Å². The molecule has 34 heavy (non-hydrogen) atoms. The van der Waals surface area contributed by atoms with Gasteiger partial charge in [0.2, 0.25) is 0 Å². The SMILES string of the molecule is C=C1C(=CC=C2CCC[C@]3(C)[C@@H]([C@H](C)CCCC(C)C)CC[C@@H]23)C[C@@H](O)[C@@H](OCCCC)[C@@H]1O. The van der Waals surface area contributed by atoms with E-state index in [1.807, 2.05) is 0 Å². The van der Waals surface area contributed by atoms with E-state index in [1.165, 1.54) is 51.4 Å². The molecule has 0 aromatic carbocycles. The Morgan fingerprint density at radius 3 is 2.59 bits per heavy atom. The van der Waals surface area contributed by atoms with E-state index in [-0.39, 0.29) is 0 Å². The fourth-order valence-corrected chi connectivity index (χ4v) is 7.28. The van der Waals surface area contributed by atoms with E-state index >= 15 is 0 Å². The van der Waals surface area contributed by atoms with Gasteiger partial charge in [-0.3, -0.25) is 0 Å². The van der Waals surface area contributed by atoms with E-state index in [4.69, 9.17) is 4.74 Å². The molecule has 3 aliphatic rings. The first-order valence-corrected chi connectivity index (χ1v) is 14.3. The van der Waals surface area contributed by atoms with Gasteiger partial charge in [-0.15, -0.1) is 0 Å². The molecule has 2 N–H and O–H groups in total. The first-order chi connectivity index (χ1) is 16.2. The van der Waals surface area contributed by atoms with Crippen molar-refractivity contribution in [3.8, 4) is 0 Å². The summed E-state index contributed by atoms with van der Waals surface area (Å²) in [6, 6.07) is 0. The Morgan fingerprint density at radius 1 is 1.12 bits per heavy atom. The van der Waals surface area contributed by atoms with Crippen molar-refractivity contribution in [2.24, 2.45) is 29.1 Å². The summed E-state index contributed by atoms with van der Waals surface area (Å²) in [5.41, 5.74) is 3.69. The largest absolute Gasteiger partial charge is 0.390 e. The van der Waals surface area contributed by atoms with Crippen LogP contribution in [0.4, 0.5) is 0 Å². The molecule has 3 aliphatic carbocycles. The molecule has 3 nitrogen and oxygen atoms in total. The van der Waals surface area contributed by atoms with Crippen molar-refractivity contribution < 1.29 is 14.9 Å². The summed E-state index contributed by atoms with van der Waals surface area (Å²) in [6.45, 7) is 16.6. The number of fused-ring (bicyclic) bond motifs is 1. The van der Waals surface area contributed by atoms with Crippen LogP contribution in [0.15, 0.2) is 35.5 Å². The average Bonchev–Trinajstić information content (AvgIpc) is 3.15. The predicted octanol–water partition coefficient (Wildman–Crippen LogP) is 7.39. The van der Waals surface area contributed by atoms with Gasteiger partial charge >= 0.3 is 0 Å². The van der Waals surface area contributed by atoms with Crippen LogP contribution in [0.1, 0.15) is 105 Å². The van der Waals surface area contributed by atoms with Crippen molar-refractivity contribution in [3.05, 3.63) is 35.5 Å². The van der Waals surface area contributed by atoms with Crippen molar-refractivity contribution in [2.75, 3.05) is 6.61 Å². The number of aliphatic hydroxyl groups excluding tert-OH is 2. The molecule has 0 amide bonds. The molecular weight excluding hydrogens is 420 g/mol. The van der Waals surface area contributed by atoms with Gasteiger partial charge in [-0.1, -0.05) is 84.6 Å². The Bertz CT molecular complexity index is 735. The lowest BCUT2D eigenvalue weighted by Crippen LogP contribution is -2.45. The van der Waals surface area contributed by atoms with Crippen LogP contribution in [0, 0.1) is 29.1 Å². The maximum Gasteiger partial charge on any atom is 0.114 e. The van der Waals surface area contributed by atoms with Crippen molar-refractivity contribution >= 4 is 0 Å². The monoisotopic (exact) mass is 472 g/mol. The lowest BCUT2D eigenvalue weighted by Gasteiger charge is -2.44. The zero-order valence-corrected chi connectivity index (χ0v) is 22.7. The third kappa shape index (κ3) is 6.26. The van der Waals surface area contributed by atoms with Crippen LogP contribution in [0.3, 0.4) is 0 Å². The highest BCUT2D eigenvalue weighted by molar-refractivity contribution is 5.40. The number of allylic oxidation sites excluding steroid dienone is 3. The molecule has 3 saturated carbocycles. The highest BCUT2D eigenvalue weighted by Gasteiger charge is 2.50. The van der Waals surface area contributed by atoms with E-state index in [0.29, 0.717) is 29.9 Å². The fourth-order valence-electron chi connectivity index (χ4n) is 7.28. The maximum absolute atomic E-state index is 10.8. The first-order valence-electron chi connectivity index (χ1n) is 14.3. The zero-order chi connectivity index (χ0) is 24.9. The second kappa shape index (κ2) is 12.4. The molecule has 0 saturated heterocycles. The van der Waals surface area contributed by atoms with Crippen molar-refractivity contribution in [2.45, 2.75) is 124 Å². The van der Waals surface area contributed by atoms with Gasteiger partial charge in [0.25, 0.3) is 0 Å². The summed E-state index contributed by atoms with van der Waals surface area (Å²) in [7, 11) is 0. The lowest BCUT2D eigenvalue weighted by atomic mass is 9.60. The minimum Gasteiger partial charge on any atom is -0.390 e. The van der Waals surface area contributed by atoms with E-state index in [9.17, 15) is 10.2 Å². The Balaban J connectivity index is 1.68. The molecule has 0 heterocycles. The molecular formula is C31H52O3. The second-order valence-electron chi connectivity index (χ2n) is 12.3. The topological polar surface area (TPSA) is 49.7 Å². The van der Waals surface area contributed by atoms with Crippen LogP contribution >= 0.6 is 0 Å². The highest BCUT2D eigenvalue weighted by atomic mass is 16.5. The van der Waals surface area contributed by atoms with Crippen LogP contribution in [0.2, 0.25) is 0 Å². The third-order valence-electron chi connectivity index (χ3n) is 9.36. The number of aliphatic hydroxyl groups is 2. The van der Waals surface area contributed by atoms with Crippen molar-refractivity contribution in [1.82, 2.24) is 0 Å². The van der Waals surface area contributed by atoms with Crippen LogP contribution in [-0.4, -0.2) is 35.1 Å². The van der Waals surface area contributed by atoms with Crippen LogP contribution < -0.4 is 0 Å². The molecule has 3 heteroatoms. The molecule has 3 rings (SSSR count). The van der Waals surface area contributed by atoms with Crippen molar-refractivity contribution in [1.29, 1.82) is 0 Å². The zero-order valence-electron chi connectivity index (χ0n) is 22.7. The quantitative estimate of drug-likeness (QED) is 0.326. The fraction of sp³-hybridized carbons (Fsp3) is 0.806. The van der Waals surface area contributed by atoms with Crippen LogP contribution in [0.25, 0.3) is 0 Å². The standard InChI is InChI=1S/C31H52O3/c1-7-8-19-34-30-28(32)20-25(23(5)29(30)33)15-14-24-13-10-18-31(6)26(16-17-27(24)31)22(4)12-9-11-21(2)3/h14-15,21-22,26-30,32-33H,5,7-13,16-20H2,1-4,6H3/t22-,26-,27+,28-,29-,30-,31-/m1/s1. The van der Waals surface area contributed by atoms with E-state index in [1.54, 1.807) is 5.57 Å². The van der Waals surface area contributed by atoms with Gasteiger partial charge in [0.1, 0.15) is 12.2 Å². The molecule has 0 bridgehead atoms. The Labute approximate surface area is 209 Å². The Hall–Kier alpha value is -0.900. The van der Waals surface area contributed by atoms with E-state index < -0.39 is 18.3 Å². The molecule has 3 fully saturated rings. The van der Waals surface area contributed by atoms with Gasteiger partial charge in [0.15, 0.2) is 0 Å². The number of unbranched alkanes of at least 4 members (excludes halogenated alkanes) is 1. The van der Waals surface area contributed by atoms with Gasteiger partial charge in [0, 0.05) is 13.0 Å². The molecule has 7 atom stereocenters. The smallest absolute Gasteiger partial charge is 0.114 e. The number of rotatable bonds is 10. The third-order valence-corrected chi connectivity index (χ3v) is 9.36. The van der Waals surface area contributed by atoms with Gasteiger partial charge in [0.05, 0.1) is 6.10 Å². The Kier molecular flexibility index (Phi) is 10.1. The molecule has 0 aromatic rings. The highest BCUT2D eigenvalue weighted by Crippen LogP contribution is 2.60. The first kappa shape index (κ1) is 27.7. The van der Waals surface area contributed by atoms with Crippen LogP contribution in [0.5, 0.6) is 0 Å². The molecule has 0 spiro atoms. The van der Waals surface area contributed by atoms with Crippen molar-refractivity contribution in [3.63, 3.8) is 0 Å². The van der Waals surface area contributed by atoms with E-state index in [2.05, 4.69) is 53.3 Å². The maximum atomic E-state index is 10.8. The molecule has 0 radical (unpaired) electrons. The van der Waals surface area contributed by atoms with Crippen LogP contribution in [-0.2, 0) is 4.74 Å². The van der Waals surface area contributed by atoms with Gasteiger partial charge in [-0.25, -0.2) is 0 Å². The number of hydrogen-bond donors (Lipinski definition) is 2. The normalized spacial score (nSPS) is 37.5. The summed E-state index contributed by atoms with van der Waals surface area (Å²) in [5.74, 6) is 3.11. The van der Waals surface area contributed by atoms with Gasteiger partial charge < -0.3 is 14.9 Å². The summed E-state index contributed by atoms with van der Waals surface area (Å²) in [6.07, 6.45) is 15.4. The lowest BCUT2D eigenvalue weighted by molar-refractivity contribution is -0.0954. The van der Waals surface area contributed by atoms with Gasteiger partial charge in [-0.05, 0) is 78.8 Å². The summed E-state index contributed by atoms with van der Waals surface area (Å²) < 4.78 is 5.80. The molecule has 0 aliphatic heterocycles. The molecule has 194 valence electrons. The molecule has 0 unspecified atom stereocenters. The molecule has 0 aromatic heterocycles. The Morgan fingerprint density at radius 2 is 1.88 bits per heavy atom. The summed E-state index contributed by atoms with van der Waals surface area (Å²) in [5, 5.41) is 21.4. The second-order valence-corrected chi connectivity index (χ2v) is 12.3. The summed E-state index contributed by atoms with van der Waals surface area (Å²) >= 11 is 0. The minimum absolute atomic E-state index is 0.417. The average molecular weight is 473 g/mol. The minimum atomic E-state index is -0.829. The predicted molar refractivity (Wildman–Crippen MR) is 143 cm³/mol. The van der Waals surface area contributed by atoms with Gasteiger partial charge in [-0.2, -0.15) is 0 Å². The number of hydrogen-bond acceptors (Lipinski definition) is 3. The number of ether oxygens (including phenoxy) is 1.